The van der Waals surface area contributed by atoms with Crippen molar-refractivity contribution in [1.82, 2.24) is 4.98 Å². The molecular weight excluding hydrogens is 190 g/mol. The van der Waals surface area contributed by atoms with E-state index < -0.39 is 0 Å². The van der Waals surface area contributed by atoms with E-state index in [0.717, 1.165) is 17.3 Å². The van der Waals surface area contributed by atoms with Gasteiger partial charge in [0.25, 0.3) is 0 Å². The molecule has 1 fully saturated rings. The molecule has 0 spiro atoms. The highest BCUT2D eigenvalue weighted by atomic mass is 16.5. The van der Waals surface area contributed by atoms with Crippen LogP contribution in [0.3, 0.4) is 0 Å². The van der Waals surface area contributed by atoms with Gasteiger partial charge < -0.3 is 15.0 Å². The number of nitrogens with one attached hydrogen (secondary N) is 1. The molecule has 1 N–H and O–H groups in total. The van der Waals surface area contributed by atoms with Gasteiger partial charge in [0.15, 0.2) is 0 Å². The maximum absolute atomic E-state index is 5.84. The van der Waals surface area contributed by atoms with Gasteiger partial charge in [-0.3, -0.25) is 0 Å². The van der Waals surface area contributed by atoms with E-state index in [1.165, 1.54) is 12.8 Å². The summed E-state index contributed by atoms with van der Waals surface area (Å²) in [5.41, 5.74) is 1.03. The third kappa shape index (κ3) is 2.32. The molecule has 0 amide bonds. The minimum atomic E-state index is 0.413. The molecule has 0 radical (unpaired) electrons. The minimum Gasteiger partial charge on any atom is -0.488 e. The second-order valence-corrected chi connectivity index (χ2v) is 4.00. The van der Waals surface area contributed by atoms with Crippen LogP contribution >= 0.6 is 0 Å². The zero-order chi connectivity index (χ0) is 10.8. The average Bonchev–Trinajstić information content (AvgIpc) is 3.01. The number of aromatic nitrogens is 1. The average molecular weight is 207 g/mol. The number of nitrogens with zero attached hydrogens (tertiary/aromatic N) is 2. The van der Waals surface area contributed by atoms with Crippen LogP contribution in [0.15, 0.2) is 12.3 Å². The van der Waals surface area contributed by atoms with E-state index in [1.54, 1.807) is 0 Å². The second-order valence-electron chi connectivity index (χ2n) is 4.00. The maximum Gasteiger partial charge on any atom is 0.148 e. The van der Waals surface area contributed by atoms with Gasteiger partial charge in [0.2, 0.25) is 0 Å². The van der Waals surface area contributed by atoms with Gasteiger partial charge in [-0.25, -0.2) is 4.98 Å². The van der Waals surface area contributed by atoms with Gasteiger partial charge in [-0.15, -0.1) is 0 Å². The van der Waals surface area contributed by atoms with Crippen molar-refractivity contribution in [1.29, 1.82) is 0 Å². The first-order chi connectivity index (χ1) is 7.20. The molecule has 2 rings (SSSR count). The summed E-state index contributed by atoms with van der Waals surface area (Å²) >= 11 is 0. The quantitative estimate of drug-likeness (QED) is 0.816. The van der Waals surface area contributed by atoms with Gasteiger partial charge in [-0.05, 0) is 12.8 Å². The molecule has 82 valence electrons. The third-order valence-electron chi connectivity index (χ3n) is 2.40. The van der Waals surface area contributed by atoms with Crippen LogP contribution < -0.4 is 15.0 Å². The Balaban J connectivity index is 2.26. The van der Waals surface area contributed by atoms with Crippen LogP contribution in [0.1, 0.15) is 12.8 Å². The van der Waals surface area contributed by atoms with Gasteiger partial charge >= 0.3 is 0 Å². The van der Waals surface area contributed by atoms with Crippen LogP contribution in [0.2, 0.25) is 0 Å². The van der Waals surface area contributed by atoms with Crippen LogP contribution in [0.4, 0.5) is 11.5 Å². The fraction of sp³-hybridized carbons (Fsp3) is 0.545. The summed E-state index contributed by atoms with van der Waals surface area (Å²) in [6, 6.07) is 1.95. The molecular formula is C11H17N3O. The van der Waals surface area contributed by atoms with Crippen LogP contribution in [-0.4, -0.2) is 32.2 Å². The number of ether oxygens (including phenoxy) is 1. The zero-order valence-electron chi connectivity index (χ0n) is 9.45. The summed E-state index contributed by atoms with van der Waals surface area (Å²) in [7, 11) is 5.85. The molecule has 1 aliphatic rings. The summed E-state index contributed by atoms with van der Waals surface area (Å²) in [4.78, 5) is 6.29. The SMILES string of the molecule is CNc1cc(OC2CC2)c(N(C)C)cn1. The van der Waals surface area contributed by atoms with Gasteiger partial charge in [-0.1, -0.05) is 0 Å². The molecule has 4 heteroatoms. The first-order valence-corrected chi connectivity index (χ1v) is 5.22. The smallest absolute Gasteiger partial charge is 0.148 e. The Hall–Kier alpha value is -1.45. The molecule has 1 heterocycles. The van der Waals surface area contributed by atoms with Gasteiger partial charge in [0.05, 0.1) is 18.0 Å². The van der Waals surface area contributed by atoms with Crippen molar-refractivity contribution in [3.05, 3.63) is 12.3 Å². The summed E-state index contributed by atoms with van der Waals surface area (Å²) < 4.78 is 5.84. The maximum atomic E-state index is 5.84. The highest BCUT2D eigenvalue weighted by Crippen LogP contribution is 2.34. The number of pyridine rings is 1. The number of rotatable bonds is 4. The van der Waals surface area contributed by atoms with Crippen molar-refractivity contribution < 1.29 is 4.74 Å². The molecule has 1 aliphatic carbocycles. The molecule has 0 atom stereocenters. The molecule has 1 aromatic heterocycles. The normalized spacial score (nSPS) is 14.9. The first kappa shape index (κ1) is 10.1. The Morgan fingerprint density at radius 3 is 2.73 bits per heavy atom. The van der Waals surface area contributed by atoms with Crippen molar-refractivity contribution in [3.63, 3.8) is 0 Å². The Morgan fingerprint density at radius 2 is 2.20 bits per heavy atom. The minimum absolute atomic E-state index is 0.413. The second kappa shape index (κ2) is 3.96. The molecule has 0 bridgehead atoms. The van der Waals surface area contributed by atoms with E-state index in [2.05, 4.69) is 10.3 Å². The lowest BCUT2D eigenvalue weighted by Gasteiger charge is -2.17. The molecule has 0 saturated heterocycles. The predicted molar refractivity (Wildman–Crippen MR) is 61.8 cm³/mol. The molecule has 1 aromatic rings. The van der Waals surface area contributed by atoms with Crippen LogP contribution in [-0.2, 0) is 0 Å². The van der Waals surface area contributed by atoms with Gasteiger partial charge in [-0.2, -0.15) is 0 Å². The third-order valence-corrected chi connectivity index (χ3v) is 2.40. The van der Waals surface area contributed by atoms with Crippen LogP contribution in [0.25, 0.3) is 0 Å². The summed E-state index contributed by atoms with van der Waals surface area (Å²) in [5.74, 6) is 1.76. The standard InChI is InChI=1S/C11H17N3O/c1-12-11-6-10(15-8-4-5-8)9(7-13-11)14(2)3/h6-8H,4-5H2,1-3H3,(H,12,13). The summed E-state index contributed by atoms with van der Waals surface area (Å²) in [5, 5.41) is 3.02. The van der Waals surface area contributed by atoms with Crippen LogP contribution in [0.5, 0.6) is 5.75 Å². The first-order valence-electron chi connectivity index (χ1n) is 5.22. The molecule has 0 aliphatic heterocycles. The highest BCUT2D eigenvalue weighted by Gasteiger charge is 2.25. The molecule has 4 nitrogen and oxygen atoms in total. The lowest BCUT2D eigenvalue weighted by Crippen LogP contribution is -2.12. The van der Waals surface area contributed by atoms with Crippen molar-refractivity contribution in [2.75, 3.05) is 31.4 Å². The molecule has 1 saturated carbocycles. The van der Waals surface area contributed by atoms with Crippen molar-refractivity contribution in [2.45, 2.75) is 18.9 Å². The number of hydrogen-bond acceptors (Lipinski definition) is 4. The topological polar surface area (TPSA) is 37.4 Å². The largest absolute Gasteiger partial charge is 0.488 e. The Labute approximate surface area is 90.3 Å². The number of hydrogen-bond donors (Lipinski definition) is 1. The predicted octanol–water partition coefficient (Wildman–Crippen LogP) is 1.73. The van der Waals surface area contributed by atoms with Gasteiger partial charge in [0.1, 0.15) is 11.6 Å². The van der Waals surface area contributed by atoms with E-state index in [9.17, 15) is 0 Å². The summed E-state index contributed by atoms with van der Waals surface area (Å²) in [6.07, 6.45) is 4.59. The van der Waals surface area contributed by atoms with E-state index in [0.29, 0.717) is 6.10 Å². The van der Waals surface area contributed by atoms with Crippen molar-refractivity contribution >= 4 is 11.5 Å². The number of anilines is 2. The molecule has 0 aromatic carbocycles. The summed E-state index contributed by atoms with van der Waals surface area (Å²) in [6.45, 7) is 0. The van der Waals surface area contributed by atoms with E-state index in [-0.39, 0.29) is 0 Å². The van der Waals surface area contributed by atoms with E-state index >= 15 is 0 Å². The lowest BCUT2D eigenvalue weighted by molar-refractivity contribution is 0.304. The highest BCUT2D eigenvalue weighted by molar-refractivity contribution is 5.60. The molecule has 0 unspecified atom stereocenters. The van der Waals surface area contributed by atoms with Crippen molar-refractivity contribution in [2.24, 2.45) is 0 Å². The molecule has 15 heavy (non-hydrogen) atoms. The lowest BCUT2D eigenvalue weighted by atomic mass is 10.3. The van der Waals surface area contributed by atoms with Crippen molar-refractivity contribution in [3.8, 4) is 5.75 Å². The monoisotopic (exact) mass is 207 g/mol. The van der Waals surface area contributed by atoms with E-state index in [1.807, 2.05) is 38.3 Å². The Morgan fingerprint density at radius 1 is 1.47 bits per heavy atom. The van der Waals surface area contributed by atoms with Gasteiger partial charge in [0, 0.05) is 27.2 Å². The fourth-order valence-electron chi connectivity index (χ4n) is 1.36. The zero-order valence-corrected chi connectivity index (χ0v) is 9.45. The Bertz CT molecular complexity index is 348. The fourth-order valence-corrected chi connectivity index (χ4v) is 1.36. The Kier molecular flexibility index (Phi) is 2.66. The van der Waals surface area contributed by atoms with E-state index in [4.69, 9.17) is 4.74 Å². The van der Waals surface area contributed by atoms with Crippen LogP contribution in [0, 0.1) is 0 Å².